The molecule has 1 atom stereocenters. The lowest BCUT2D eigenvalue weighted by Gasteiger charge is -2.33. The summed E-state index contributed by atoms with van der Waals surface area (Å²) in [5.74, 6) is -1.30. The Kier molecular flexibility index (Phi) is 10.5. The molecule has 0 bridgehead atoms. The van der Waals surface area contributed by atoms with Crippen LogP contribution >= 0.6 is 11.6 Å². The van der Waals surface area contributed by atoms with Gasteiger partial charge in [0.2, 0.25) is 21.8 Å². The van der Waals surface area contributed by atoms with Gasteiger partial charge in [0.05, 0.1) is 11.9 Å². The molecule has 0 unspecified atom stereocenters. The van der Waals surface area contributed by atoms with Crippen LogP contribution < -0.4 is 9.62 Å². The molecule has 0 saturated heterocycles. The lowest BCUT2D eigenvalue weighted by Crippen LogP contribution is -2.52. The van der Waals surface area contributed by atoms with Crippen LogP contribution in [0.2, 0.25) is 5.02 Å². The first-order chi connectivity index (χ1) is 16.5. The second-order valence-corrected chi connectivity index (χ2v) is 10.7. The number of unbranched alkanes of at least 4 members (excludes halogenated alkanes) is 1. The minimum Gasteiger partial charge on any atom is -0.354 e. The van der Waals surface area contributed by atoms with Crippen molar-refractivity contribution in [3.05, 3.63) is 64.4 Å². The van der Waals surface area contributed by atoms with Gasteiger partial charge in [-0.25, -0.2) is 12.8 Å². The van der Waals surface area contributed by atoms with E-state index in [-0.39, 0.29) is 18.1 Å². The average molecular weight is 526 g/mol. The Hall–Kier alpha value is -2.65. The van der Waals surface area contributed by atoms with Crippen LogP contribution in [0.1, 0.15) is 44.2 Å². The van der Waals surface area contributed by atoms with Gasteiger partial charge in [0.1, 0.15) is 18.4 Å². The van der Waals surface area contributed by atoms with E-state index in [2.05, 4.69) is 5.32 Å². The van der Waals surface area contributed by atoms with Crippen LogP contribution in [0.4, 0.5) is 10.1 Å². The molecule has 2 amide bonds. The molecule has 0 aliphatic carbocycles. The number of sulfonamides is 1. The number of carbonyl (C=O) groups excluding carboxylic acids is 2. The Labute approximate surface area is 212 Å². The predicted octanol–water partition coefficient (Wildman–Crippen LogP) is 4.28. The molecule has 0 saturated carbocycles. The Morgan fingerprint density at radius 1 is 1.11 bits per heavy atom. The first-order valence-electron chi connectivity index (χ1n) is 11.5. The van der Waals surface area contributed by atoms with Gasteiger partial charge in [-0.15, -0.1) is 0 Å². The Morgan fingerprint density at radius 3 is 2.34 bits per heavy atom. The minimum absolute atomic E-state index is 0.0188. The van der Waals surface area contributed by atoms with Crippen molar-refractivity contribution in [1.29, 1.82) is 0 Å². The highest BCUT2D eigenvalue weighted by Gasteiger charge is 2.32. The maximum Gasteiger partial charge on any atom is 0.244 e. The van der Waals surface area contributed by atoms with Crippen LogP contribution in [-0.4, -0.2) is 50.5 Å². The molecule has 192 valence electrons. The highest BCUT2D eigenvalue weighted by molar-refractivity contribution is 7.92. The summed E-state index contributed by atoms with van der Waals surface area (Å²) in [5, 5.41) is 3.22. The summed E-state index contributed by atoms with van der Waals surface area (Å²) in [4.78, 5) is 27.9. The van der Waals surface area contributed by atoms with Gasteiger partial charge in [-0.2, -0.15) is 0 Å². The monoisotopic (exact) mass is 525 g/mol. The van der Waals surface area contributed by atoms with Gasteiger partial charge >= 0.3 is 0 Å². The van der Waals surface area contributed by atoms with Crippen LogP contribution in [0.3, 0.4) is 0 Å². The predicted molar refractivity (Wildman–Crippen MR) is 137 cm³/mol. The van der Waals surface area contributed by atoms with Crippen molar-refractivity contribution in [3.8, 4) is 0 Å². The molecular weight excluding hydrogens is 493 g/mol. The van der Waals surface area contributed by atoms with Crippen molar-refractivity contribution in [3.63, 3.8) is 0 Å². The van der Waals surface area contributed by atoms with E-state index in [4.69, 9.17) is 11.6 Å². The number of hydrogen-bond acceptors (Lipinski definition) is 4. The first-order valence-corrected chi connectivity index (χ1v) is 13.8. The molecule has 0 aliphatic rings. The largest absolute Gasteiger partial charge is 0.354 e. The normalized spacial score (nSPS) is 12.2. The molecule has 0 heterocycles. The lowest BCUT2D eigenvalue weighted by molar-refractivity contribution is -0.140. The molecule has 2 rings (SSSR count). The number of benzene rings is 2. The van der Waals surface area contributed by atoms with Crippen LogP contribution in [0.5, 0.6) is 0 Å². The van der Waals surface area contributed by atoms with Crippen LogP contribution in [0.25, 0.3) is 0 Å². The number of hydrogen-bond donors (Lipinski definition) is 1. The van der Waals surface area contributed by atoms with Crippen molar-refractivity contribution < 1.29 is 22.4 Å². The summed E-state index contributed by atoms with van der Waals surface area (Å²) in [6.45, 7) is 5.44. The second kappa shape index (κ2) is 12.9. The van der Waals surface area contributed by atoms with E-state index in [1.165, 1.54) is 29.2 Å². The lowest BCUT2D eigenvalue weighted by atomic mass is 10.1. The Bertz CT molecular complexity index is 1130. The van der Waals surface area contributed by atoms with Gasteiger partial charge in [-0.3, -0.25) is 13.9 Å². The Morgan fingerprint density at radius 2 is 1.77 bits per heavy atom. The summed E-state index contributed by atoms with van der Waals surface area (Å²) >= 11 is 6.20. The minimum atomic E-state index is -3.86. The number of anilines is 1. The van der Waals surface area contributed by atoms with E-state index < -0.39 is 34.3 Å². The summed E-state index contributed by atoms with van der Waals surface area (Å²) in [6.07, 6.45) is 3.03. The zero-order chi connectivity index (χ0) is 26.2. The molecule has 0 spiro atoms. The highest BCUT2D eigenvalue weighted by Crippen LogP contribution is 2.28. The number of nitrogens with one attached hydrogen (secondary N) is 1. The van der Waals surface area contributed by atoms with Crippen LogP contribution in [0.15, 0.2) is 42.5 Å². The van der Waals surface area contributed by atoms with Crippen molar-refractivity contribution in [1.82, 2.24) is 10.2 Å². The fourth-order valence-corrected chi connectivity index (χ4v) is 4.74. The van der Waals surface area contributed by atoms with E-state index >= 15 is 0 Å². The van der Waals surface area contributed by atoms with Crippen LogP contribution in [-0.2, 0) is 26.2 Å². The molecule has 35 heavy (non-hydrogen) atoms. The molecule has 0 radical (unpaired) electrons. The van der Waals surface area contributed by atoms with Crippen molar-refractivity contribution in [2.75, 3.05) is 23.7 Å². The fourth-order valence-electron chi connectivity index (χ4n) is 3.67. The molecular formula is C25H33ClFN3O4S. The number of rotatable bonds is 12. The quantitative estimate of drug-likeness (QED) is 0.419. The van der Waals surface area contributed by atoms with Gasteiger partial charge in [0.25, 0.3) is 0 Å². The molecule has 0 aromatic heterocycles. The van der Waals surface area contributed by atoms with Gasteiger partial charge in [-0.1, -0.05) is 50.1 Å². The topological polar surface area (TPSA) is 86.8 Å². The van der Waals surface area contributed by atoms with Gasteiger partial charge in [0, 0.05) is 18.1 Å². The molecule has 1 N–H and O–H groups in total. The number of amides is 2. The zero-order valence-electron chi connectivity index (χ0n) is 20.6. The molecule has 0 aliphatic heterocycles. The smallest absolute Gasteiger partial charge is 0.244 e. The number of nitrogens with zero attached hydrogens (tertiary/aromatic N) is 2. The molecule has 0 fully saturated rings. The van der Waals surface area contributed by atoms with Crippen LogP contribution in [0, 0.1) is 12.7 Å². The summed E-state index contributed by atoms with van der Waals surface area (Å²) < 4.78 is 39.8. The van der Waals surface area contributed by atoms with E-state index in [0.717, 1.165) is 23.4 Å². The van der Waals surface area contributed by atoms with E-state index in [0.29, 0.717) is 29.1 Å². The molecule has 10 heteroatoms. The van der Waals surface area contributed by atoms with E-state index in [1.807, 2.05) is 6.92 Å². The van der Waals surface area contributed by atoms with Crippen molar-refractivity contribution in [2.24, 2.45) is 0 Å². The molecule has 2 aromatic carbocycles. The first kappa shape index (κ1) is 28.6. The summed E-state index contributed by atoms with van der Waals surface area (Å²) in [6, 6.07) is 9.62. The third-order valence-corrected chi connectivity index (χ3v) is 7.20. The Balaban J connectivity index is 2.43. The standard InChI is InChI=1S/C25H33ClFN3O4S/c1-5-7-15-28-25(32)22(6-2)29(16-19-11-13-20(27)14-12-19)24(31)17-30(35(4,33)34)23-10-8-9-21(26)18(23)3/h8-14,22H,5-7,15-17H2,1-4H3,(H,28,32)/t22-/m0/s1. The number of carbonyl (C=O) groups is 2. The number of halogens is 2. The maximum absolute atomic E-state index is 13.6. The molecule has 2 aromatic rings. The maximum atomic E-state index is 13.6. The highest BCUT2D eigenvalue weighted by atomic mass is 35.5. The summed E-state index contributed by atoms with van der Waals surface area (Å²) in [7, 11) is -3.86. The molecule has 7 nitrogen and oxygen atoms in total. The zero-order valence-corrected chi connectivity index (χ0v) is 22.1. The third kappa shape index (κ3) is 7.93. The third-order valence-electron chi connectivity index (χ3n) is 5.67. The second-order valence-electron chi connectivity index (χ2n) is 8.37. The fraction of sp³-hybridized carbons (Fsp3) is 0.440. The average Bonchev–Trinajstić information content (AvgIpc) is 2.80. The van der Waals surface area contributed by atoms with Gasteiger partial charge in [0.15, 0.2) is 0 Å². The van der Waals surface area contributed by atoms with Crippen molar-refractivity contribution in [2.45, 2.75) is 52.6 Å². The van der Waals surface area contributed by atoms with Gasteiger partial charge in [-0.05, 0) is 55.2 Å². The van der Waals surface area contributed by atoms with E-state index in [9.17, 15) is 22.4 Å². The van der Waals surface area contributed by atoms with E-state index in [1.54, 1.807) is 32.0 Å². The summed E-state index contributed by atoms with van der Waals surface area (Å²) in [5.41, 5.74) is 1.42. The van der Waals surface area contributed by atoms with Crippen molar-refractivity contribution >= 4 is 39.1 Å². The van der Waals surface area contributed by atoms with Gasteiger partial charge < -0.3 is 10.2 Å². The SMILES string of the molecule is CCCCNC(=O)[C@H](CC)N(Cc1ccc(F)cc1)C(=O)CN(c1cccc(Cl)c1C)S(C)(=O)=O.